The second-order valence-corrected chi connectivity index (χ2v) is 5.29. The van der Waals surface area contributed by atoms with Crippen LogP contribution in [0.25, 0.3) is 11.5 Å². The molecule has 5 nitrogen and oxygen atoms in total. The maximum absolute atomic E-state index is 5.41. The van der Waals surface area contributed by atoms with Crippen molar-refractivity contribution < 1.29 is 4.52 Å². The van der Waals surface area contributed by atoms with Gasteiger partial charge in [0.25, 0.3) is 5.89 Å². The van der Waals surface area contributed by atoms with Crippen LogP contribution < -0.4 is 5.32 Å². The van der Waals surface area contributed by atoms with Gasteiger partial charge in [-0.2, -0.15) is 4.98 Å². The van der Waals surface area contributed by atoms with E-state index in [4.69, 9.17) is 4.52 Å². The first kappa shape index (κ1) is 13.3. The van der Waals surface area contributed by atoms with Gasteiger partial charge in [-0.05, 0) is 26.0 Å². The molecule has 1 saturated heterocycles. The standard InChI is InChI=1S/C15H20N4O/c1-11-4-3-5-13(10-11)15-17-14(18-20-15)12(2)19-8-6-16-7-9-19/h3-5,10,12,16H,6-9H2,1-2H3/t12-/m0/s1. The summed E-state index contributed by atoms with van der Waals surface area (Å²) in [4.78, 5) is 6.93. The fraction of sp³-hybridized carbons (Fsp3) is 0.467. The highest BCUT2D eigenvalue weighted by molar-refractivity contribution is 5.53. The first-order valence-corrected chi connectivity index (χ1v) is 7.09. The van der Waals surface area contributed by atoms with E-state index in [9.17, 15) is 0 Å². The topological polar surface area (TPSA) is 54.2 Å². The summed E-state index contributed by atoms with van der Waals surface area (Å²) in [5.74, 6) is 1.37. The number of hydrogen-bond donors (Lipinski definition) is 1. The van der Waals surface area contributed by atoms with Crippen LogP contribution >= 0.6 is 0 Å². The zero-order valence-corrected chi connectivity index (χ0v) is 12.0. The number of piperazine rings is 1. The molecule has 0 saturated carbocycles. The van der Waals surface area contributed by atoms with Crippen LogP contribution in [0.1, 0.15) is 24.4 Å². The molecule has 106 valence electrons. The zero-order chi connectivity index (χ0) is 13.9. The monoisotopic (exact) mass is 272 g/mol. The summed E-state index contributed by atoms with van der Waals surface area (Å²) < 4.78 is 5.41. The number of nitrogens with one attached hydrogen (secondary N) is 1. The summed E-state index contributed by atoms with van der Waals surface area (Å²) in [5.41, 5.74) is 2.17. The number of aromatic nitrogens is 2. The summed E-state index contributed by atoms with van der Waals surface area (Å²) in [6.45, 7) is 8.28. The van der Waals surface area contributed by atoms with Gasteiger partial charge in [0.2, 0.25) is 0 Å². The van der Waals surface area contributed by atoms with Gasteiger partial charge >= 0.3 is 0 Å². The zero-order valence-electron chi connectivity index (χ0n) is 12.0. The minimum atomic E-state index is 0.194. The van der Waals surface area contributed by atoms with Gasteiger partial charge in [-0.3, -0.25) is 4.90 Å². The molecule has 1 aromatic carbocycles. The van der Waals surface area contributed by atoms with Crippen molar-refractivity contribution in [1.29, 1.82) is 0 Å². The van der Waals surface area contributed by atoms with Gasteiger partial charge in [-0.25, -0.2) is 0 Å². The summed E-state index contributed by atoms with van der Waals surface area (Å²) in [6.07, 6.45) is 0. The Bertz CT molecular complexity index is 575. The van der Waals surface area contributed by atoms with Crippen LogP contribution in [0, 0.1) is 6.92 Å². The normalized spacial score (nSPS) is 18.1. The van der Waals surface area contributed by atoms with E-state index in [0.29, 0.717) is 5.89 Å². The molecule has 2 aromatic rings. The van der Waals surface area contributed by atoms with Crippen molar-refractivity contribution in [2.45, 2.75) is 19.9 Å². The summed E-state index contributed by atoms with van der Waals surface area (Å²) in [7, 11) is 0. The highest BCUT2D eigenvalue weighted by Crippen LogP contribution is 2.23. The third-order valence-corrected chi connectivity index (χ3v) is 3.78. The molecule has 1 fully saturated rings. The Kier molecular flexibility index (Phi) is 3.80. The molecule has 0 radical (unpaired) electrons. The average molecular weight is 272 g/mol. The SMILES string of the molecule is Cc1cccc(-c2nc([C@H](C)N3CCNCC3)no2)c1. The van der Waals surface area contributed by atoms with Crippen molar-refractivity contribution in [3.8, 4) is 11.5 Å². The minimum absolute atomic E-state index is 0.194. The Hall–Kier alpha value is -1.72. The molecule has 0 spiro atoms. The second-order valence-electron chi connectivity index (χ2n) is 5.29. The maximum atomic E-state index is 5.41. The molecule has 3 rings (SSSR count). The first-order valence-electron chi connectivity index (χ1n) is 7.09. The second kappa shape index (κ2) is 5.73. The number of hydrogen-bond acceptors (Lipinski definition) is 5. The molecule has 1 aliphatic rings. The van der Waals surface area contributed by atoms with Crippen LogP contribution in [0.4, 0.5) is 0 Å². The van der Waals surface area contributed by atoms with Crippen molar-refractivity contribution in [3.63, 3.8) is 0 Å². The van der Waals surface area contributed by atoms with E-state index < -0.39 is 0 Å². The first-order chi connectivity index (χ1) is 9.74. The van der Waals surface area contributed by atoms with Crippen molar-refractivity contribution in [2.75, 3.05) is 26.2 Å². The molecule has 0 bridgehead atoms. The summed E-state index contributed by atoms with van der Waals surface area (Å²) in [5, 5.41) is 7.50. The molecule has 5 heteroatoms. The van der Waals surface area contributed by atoms with Crippen LogP contribution in [0.3, 0.4) is 0 Å². The average Bonchev–Trinajstić information content (AvgIpc) is 2.97. The third kappa shape index (κ3) is 2.73. The fourth-order valence-electron chi connectivity index (χ4n) is 2.53. The van der Waals surface area contributed by atoms with Crippen LogP contribution in [-0.2, 0) is 0 Å². The van der Waals surface area contributed by atoms with Crippen molar-refractivity contribution >= 4 is 0 Å². The minimum Gasteiger partial charge on any atom is -0.334 e. The summed E-state index contributed by atoms with van der Waals surface area (Å²) in [6, 6.07) is 8.32. The molecule has 0 amide bonds. The van der Waals surface area contributed by atoms with E-state index in [-0.39, 0.29) is 6.04 Å². The van der Waals surface area contributed by atoms with Crippen LogP contribution in [0.15, 0.2) is 28.8 Å². The molecule has 0 aliphatic carbocycles. The van der Waals surface area contributed by atoms with E-state index in [2.05, 4.69) is 46.3 Å². The highest BCUT2D eigenvalue weighted by Gasteiger charge is 2.22. The number of aryl methyl sites for hydroxylation is 1. The lowest BCUT2D eigenvalue weighted by Crippen LogP contribution is -2.44. The van der Waals surface area contributed by atoms with Crippen LogP contribution in [0.5, 0.6) is 0 Å². The van der Waals surface area contributed by atoms with E-state index in [1.807, 2.05) is 12.1 Å². The molecule has 2 heterocycles. The Morgan fingerprint density at radius 2 is 2.10 bits per heavy atom. The van der Waals surface area contributed by atoms with Gasteiger partial charge in [0.1, 0.15) is 0 Å². The molecule has 1 N–H and O–H groups in total. The fourth-order valence-corrected chi connectivity index (χ4v) is 2.53. The molecular weight excluding hydrogens is 252 g/mol. The quantitative estimate of drug-likeness (QED) is 0.926. The number of benzene rings is 1. The lowest BCUT2D eigenvalue weighted by atomic mass is 10.1. The maximum Gasteiger partial charge on any atom is 0.257 e. The predicted octanol–water partition coefficient (Wildman–Crippen LogP) is 2.01. The lowest BCUT2D eigenvalue weighted by Gasteiger charge is -2.30. The van der Waals surface area contributed by atoms with Crippen molar-refractivity contribution in [3.05, 3.63) is 35.7 Å². The molecular formula is C15H20N4O. The summed E-state index contributed by atoms with van der Waals surface area (Å²) >= 11 is 0. The van der Waals surface area contributed by atoms with E-state index in [1.54, 1.807) is 0 Å². The lowest BCUT2D eigenvalue weighted by molar-refractivity contribution is 0.176. The number of nitrogens with zero attached hydrogens (tertiary/aromatic N) is 3. The Morgan fingerprint density at radius 3 is 2.85 bits per heavy atom. The molecule has 1 aliphatic heterocycles. The van der Waals surface area contributed by atoms with Crippen LogP contribution in [-0.4, -0.2) is 41.2 Å². The van der Waals surface area contributed by atoms with Crippen molar-refractivity contribution in [1.82, 2.24) is 20.4 Å². The molecule has 1 aromatic heterocycles. The Morgan fingerprint density at radius 1 is 1.30 bits per heavy atom. The molecule has 20 heavy (non-hydrogen) atoms. The van der Waals surface area contributed by atoms with E-state index in [1.165, 1.54) is 5.56 Å². The van der Waals surface area contributed by atoms with Gasteiger partial charge in [0, 0.05) is 31.7 Å². The van der Waals surface area contributed by atoms with Crippen molar-refractivity contribution in [2.24, 2.45) is 0 Å². The Labute approximate surface area is 119 Å². The van der Waals surface area contributed by atoms with Gasteiger partial charge in [0.05, 0.1) is 6.04 Å². The van der Waals surface area contributed by atoms with Crippen LogP contribution in [0.2, 0.25) is 0 Å². The highest BCUT2D eigenvalue weighted by atomic mass is 16.5. The molecule has 0 unspecified atom stereocenters. The predicted molar refractivity (Wildman–Crippen MR) is 77.3 cm³/mol. The van der Waals surface area contributed by atoms with Gasteiger partial charge in [0.15, 0.2) is 5.82 Å². The number of rotatable bonds is 3. The van der Waals surface area contributed by atoms with E-state index in [0.717, 1.165) is 37.6 Å². The third-order valence-electron chi connectivity index (χ3n) is 3.78. The Balaban J connectivity index is 1.79. The van der Waals surface area contributed by atoms with Gasteiger partial charge < -0.3 is 9.84 Å². The van der Waals surface area contributed by atoms with Gasteiger partial charge in [-0.1, -0.05) is 22.9 Å². The van der Waals surface area contributed by atoms with Gasteiger partial charge in [-0.15, -0.1) is 0 Å². The van der Waals surface area contributed by atoms with E-state index >= 15 is 0 Å². The largest absolute Gasteiger partial charge is 0.334 e. The molecule has 1 atom stereocenters. The smallest absolute Gasteiger partial charge is 0.257 e.